The highest BCUT2D eigenvalue weighted by Gasteiger charge is 2.33. The SMILES string of the molecule is N#CC1(NC(=O)COC(=O)Cc2ccc(Cl)c(Cl)c2)CCCCC1. The van der Waals surface area contributed by atoms with Crippen molar-refractivity contribution in [1.29, 1.82) is 5.26 Å². The number of nitrogens with zero attached hydrogens (tertiary/aromatic N) is 1. The fourth-order valence-electron chi connectivity index (χ4n) is 2.74. The van der Waals surface area contributed by atoms with Crippen LogP contribution in [0.3, 0.4) is 0 Å². The van der Waals surface area contributed by atoms with Crippen LogP contribution in [0.15, 0.2) is 18.2 Å². The lowest BCUT2D eigenvalue weighted by Crippen LogP contribution is -2.50. The van der Waals surface area contributed by atoms with Gasteiger partial charge in [-0.3, -0.25) is 9.59 Å². The van der Waals surface area contributed by atoms with Crippen molar-refractivity contribution in [2.45, 2.75) is 44.1 Å². The molecular weight excluding hydrogens is 351 g/mol. The molecule has 1 aromatic rings. The van der Waals surface area contributed by atoms with Crippen LogP contribution in [-0.2, 0) is 20.7 Å². The molecule has 0 spiro atoms. The molecule has 0 saturated heterocycles. The zero-order valence-electron chi connectivity index (χ0n) is 13.1. The summed E-state index contributed by atoms with van der Waals surface area (Å²) in [6, 6.07) is 7.03. The molecule has 24 heavy (non-hydrogen) atoms. The van der Waals surface area contributed by atoms with Gasteiger partial charge in [0, 0.05) is 0 Å². The van der Waals surface area contributed by atoms with E-state index in [1.165, 1.54) is 0 Å². The van der Waals surface area contributed by atoms with Crippen LogP contribution in [0.5, 0.6) is 0 Å². The smallest absolute Gasteiger partial charge is 0.310 e. The molecular formula is C17H18Cl2N2O3. The topological polar surface area (TPSA) is 79.2 Å². The number of ether oxygens (including phenoxy) is 1. The van der Waals surface area contributed by atoms with Gasteiger partial charge in [-0.05, 0) is 30.5 Å². The number of amides is 1. The van der Waals surface area contributed by atoms with Gasteiger partial charge in [0.1, 0.15) is 5.54 Å². The molecule has 0 heterocycles. The van der Waals surface area contributed by atoms with E-state index in [9.17, 15) is 14.9 Å². The van der Waals surface area contributed by atoms with Gasteiger partial charge in [-0.1, -0.05) is 48.5 Å². The quantitative estimate of drug-likeness (QED) is 0.807. The predicted molar refractivity (Wildman–Crippen MR) is 90.7 cm³/mol. The highest BCUT2D eigenvalue weighted by molar-refractivity contribution is 6.42. The van der Waals surface area contributed by atoms with Gasteiger partial charge in [-0.25, -0.2) is 0 Å². The lowest BCUT2D eigenvalue weighted by atomic mass is 9.83. The highest BCUT2D eigenvalue weighted by atomic mass is 35.5. The maximum absolute atomic E-state index is 12.0. The van der Waals surface area contributed by atoms with E-state index in [1.807, 2.05) is 0 Å². The first-order chi connectivity index (χ1) is 11.4. The zero-order chi connectivity index (χ0) is 17.6. The number of hydrogen-bond acceptors (Lipinski definition) is 4. The summed E-state index contributed by atoms with van der Waals surface area (Å²) in [5.41, 5.74) is -0.179. The molecule has 0 bridgehead atoms. The molecule has 1 aliphatic rings. The summed E-state index contributed by atoms with van der Waals surface area (Å²) in [4.78, 5) is 23.8. The molecule has 0 radical (unpaired) electrons. The number of esters is 1. The van der Waals surface area contributed by atoms with Crippen molar-refractivity contribution in [2.75, 3.05) is 6.61 Å². The first-order valence-corrected chi connectivity index (χ1v) is 8.51. The maximum Gasteiger partial charge on any atom is 0.310 e. The average Bonchev–Trinajstić information content (AvgIpc) is 2.57. The number of carbonyl (C=O) groups is 2. The minimum Gasteiger partial charge on any atom is -0.455 e. The van der Waals surface area contributed by atoms with E-state index in [2.05, 4.69) is 11.4 Å². The monoisotopic (exact) mass is 368 g/mol. The van der Waals surface area contributed by atoms with Gasteiger partial charge < -0.3 is 10.1 Å². The van der Waals surface area contributed by atoms with Crippen LogP contribution in [0.4, 0.5) is 0 Å². The van der Waals surface area contributed by atoms with Crippen LogP contribution < -0.4 is 5.32 Å². The number of halogens is 2. The minimum absolute atomic E-state index is 0.00639. The Morgan fingerprint density at radius 3 is 2.54 bits per heavy atom. The summed E-state index contributed by atoms with van der Waals surface area (Å²) in [6.45, 7) is -0.399. The van der Waals surface area contributed by atoms with E-state index in [1.54, 1.807) is 18.2 Å². The molecule has 0 unspecified atom stereocenters. The van der Waals surface area contributed by atoms with E-state index >= 15 is 0 Å². The van der Waals surface area contributed by atoms with Gasteiger partial charge >= 0.3 is 5.97 Å². The van der Waals surface area contributed by atoms with Gasteiger partial charge in [0.15, 0.2) is 6.61 Å². The fourth-order valence-corrected chi connectivity index (χ4v) is 3.06. The summed E-state index contributed by atoms with van der Waals surface area (Å²) in [5.74, 6) is -1.00. The maximum atomic E-state index is 12.0. The van der Waals surface area contributed by atoms with Crippen molar-refractivity contribution in [1.82, 2.24) is 5.32 Å². The number of hydrogen-bond donors (Lipinski definition) is 1. The lowest BCUT2D eigenvalue weighted by molar-refractivity contribution is -0.148. The Morgan fingerprint density at radius 1 is 1.21 bits per heavy atom. The molecule has 1 amide bonds. The van der Waals surface area contributed by atoms with Crippen LogP contribution in [-0.4, -0.2) is 24.0 Å². The second-order valence-corrected chi connectivity index (χ2v) is 6.70. The molecule has 5 nitrogen and oxygen atoms in total. The second kappa shape index (κ2) is 8.36. The van der Waals surface area contributed by atoms with Crippen LogP contribution >= 0.6 is 23.2 Å². The van der Waals surface area contributed by atoms with Crippen molar-refractivity contribution in [3.8, 4) is 6.07 Å². The third-order valence-corrected chi connectivity index (χ3v) is 4.74. The van der Waals surface area contributed by atoms with Gasteiger partial charge in [0.2, 0.25) is 0 Å². The van der Waals surface area contributed by atoms with Gasteiger partial charge in [-0.2, -0.15) is 5.26 Å². The molecule has 7 heteroatoms. The molecule has 128 valence electrons. The van der Waals surface area contributed by atoms with Crippen molar-refractivity contribution >= 4 is 35.1 Å². The van der Waals surface area contributed by atoms with E-state index < -0.39 is 24.0 Å². The summed E-state index contributed by atoms with van der Waals surface area (Å²) in [5, 5.41) is 12.8. The van der Waals surface area contributed by atoms with E-state index in [-0.39, 0.29) is 6.42 Å². The molecule has 2 rings (SSSR count). The number of carbonyl (C=O) groups excluding carboxylic acids is 2. The van der Waals surface area contributed by atoms with Crippen LogP contribution in [0.25, 0.3) is 0 Å². The van der Waals surface area contributed by atoms with Crippen LogP contribution in [0.1, 0.15) is 37.7 Å². The predicted octanol–water partition coefficient (Wildman–Crippen LogP) is 3.42. The first kappa shape index (κ1) is 18.6. The van der Waals surface area contributed by atoms with Crippen molar-refractivity contribution in [3.05, 3.63) is 33.8 Å². The normalized spacial score (nSPS) is 16.0. The third kappa shape index (κ3) is 5.12. The van der Waals surface area contributed by atoms with Crippen molar-refractivity contribution < 1.29 is 14.3 Å². The minimum atomic E-state index is -0.828. The Balaban J connectivity index is 1.81. The lowest BCUT2D eigenvalue weighted by Gasteiger charge is -2.31. The summed E-state index contributed by atoms with van der Waals surface area (Å²) in [6.07, 6.45) is 4.14. The molecule has 1 aliphatic carbocycles. The number of benzene rings is 1. The van der Waals surface area contributed by atoms with Crippen molar-refractivity contribution in [3.63, 3.8) is 0 Å². The summed E-state index contributed by atoms with van der Waals surface area (Å²) in [7, 11) is 0. The van der Waals surface area contributed by atoms with Crippen molar-refractivity contribution in [2.24, 2.45) is 0 Å². The van der Waals surface area contributed by atoms with E-state index in [4.69, 9.17) is 27.9 Å². The Hall–Kier alpha value is -1.77. The largest absolute Gasteiger partial charge is 0.455 e. The molecule has 1 fully saturated rings. The Kier molecular flexibility index (Phi) is 6.47. The standard InChI is InChI=1S/C17H18Cl2N2O3/c18-13-5-4-12(8-14(13)19)9-16(23)24-10-15(22)21-17(11-20)6-2-1-3-7-17/h4-5,8H,1-3,6-7,9-10H2,(H,21,22). The summed E-state index contributed by atoms with van der Waals surface area (Å²) < 4.78 is 4.97. The number of nitriles is 1. The Labute approximate surface area is 150 Å². The zero-order valence-corrected chi connectivity index (χ0v) is 14.6. The van der Waals surface area contributed by atoms with Gasteiger partial charge in [0.05, 0.1) is 22.5 Å². The second-order valence-electron chi connectivity index (χ2n) is 5.89. The van der Waals surface area contributed by atoms with Crippen LogP contribution in [0.2, 0.25) is 10.0 Å². The van der Waals surface area contributed by atoms with Gasteiger partial charge in [-0.15, -0.1) is 0 Å². The third-order valence-electron chi connectivity index (χ3n) is 4.00. The first-order valence-electron chi connectivity index (χ1n) is 7.76. The molecule has 0 aromatic heterocycles. The molecule has 1 aromatic carbocycles. The molecule has 1 N–H and O–H groups in total. The average molecular weight is 369 g/mol. The van der Waals surface area contributed by atoms with E-state index in [0.29, 0.717) is 28.5 Å². The molecule has 0 aliphatic heterocycles. The Morgan fingerprint density at radius 2 is 1.92 bits per heavy atom. The highest BCUT2D eigenvalue weighted by Crippen LogP contribution is 2.27. The van der Waals surface area contributed by atoms with E-state index in [0.717, 1.165) is 19.3 Å². The number of nitrogens with one attached hydrogen (secondary N) is 1. The number of rotatable bonds is 5. The molecule has 0 atom stereocenters. The summed E-state index contributed by atoms with van der Waals surface area (Å²) >= 11 is 11.7. The Bertz CT molecular complexity index is 664. The van der Waals surface area contributed by atoms with Gasteiger partial charge in [0.25, 0.3) is 5.91 Å². The van der Waals surface area contributed by atoms with Crippen LogP contribution in [0, 0.1) is 11.3 Å². The molecule has 1 saturated carbocycles. The fraction of sp³-hybridized carbons (Fsp3) is 0.471.